The van der Waals surface area contributed by atoms with Crippen molar-refractivity contribution in [3.05, 3.63) is 58.9 Å². The second kappa shape index (κ2) is 5.33. The van der Waals surface area contributed by atoms with Crippen molar-refractivity contribution >= 4 is 17.3 Å². The van der Waals surface area contributed by atoms with Gasteiger partial charge in [0.2, 0.25) is 0 Å². The zero-order chi connectivity index (χ0) is 14.1. The number of hydrogen-bond donors (Lipinski definition) is 1. The smallest absolute Gasteiger partial charge is 0.124 e. The van der Waals surface area contributed by atoms with Crippen LogP contribution in [0, 0.1) is 11.7 Å². The lowest BCUT2D eigenvalue weighted by Crippen LogP contribution is -2.28. The number of halogens is 2. The van der Waals surface area contributed by atoms with Crippen LogP contribution in [0.25, 0.3) is 0 Å². The lowest BCUT2D eigenvalue weighted by atomic mass is 9.92. The Hall–Kier alpha value is -1.74. The van der Waals surface area contributed by atoms with Crippen LogP contribution in [0.1, 0.15) is 18.5 Å². The summed E-state index contributed by atoms with van der Waals surface area (Å²) in [6.07, 6.45) is 0. The van der Waals surface area contributed by atoms with Gasteiger partial charge in [0, 0.05) is 11.5 Å². The molecule has 1 heterocycles. The Morgan fingerprint density at radius 3 is 2.85 bits per heavy atom. The third-order valence-corrected chi connectivity index (χ3v) is 3.88. The summed E-state index contributed by atoms with van der Waals surface area (Å²) in [5.41, 5.74) is 1.84. The van der Waals surface area contributed by atoms with E-state index in [0.717, 1.165) is 17.0 Å². The van der Waals surface area contributed by atoms with Gasteiger partial charge in [0.1, 0.15) is 11.6 Å². The van der Waals surface area contributed by atoms with Crippen LogP contribution in [0.4, 0.5) is 10.1 Å². The van der Waals surface area contributed by atoms with Crippen molar-refractivity contribution in [3.63, 3.8) is 0 Å². The predicted molar refractivity (Wildman–Crippen MR) is 78.9 cm³/mol. The Kier molecular flexibility index (Phi) is 3.53. The van der Waals surface area contributed by atoms with Crippen LogP contribution in [-0.4, -0.2) is 6.61 Å². The van der Waals surface area contributed by atoms with E-state index < -0.39 is 0 Å². The Morgan fingerprint density at radius 2 is 2.05 bits per heavy atom. The number of nitrogens with one attached hydrogen (secondary N) is 1. The van der Waals surface area contributed by atoms with Gasteiger partial charge in [-0.1, -0.05) is 36.7 Å². The second-order valence-electron chi connectivity index (χ2n) is 5.07. The fraction of sp³-hybridized carbons (Fsp3) is 0.250. The fourth-order valence-corrected chi connectivity index (χ4v) is 2.71. The van der Waals surface area contributed by atoms with Gasteiger partial charge in [-0.15, -0.1) is 0 Å². The molecule has 0 radical (unpaired) electrons. The summed E-state index contributed by atoms with van der Waals surface area (Å²) in [5.74, 6) is 0.855. The highest BCUT2D eigenvalue weighted by Crippen LogP contribution is 2.38. The molecule has 1 N–H and O–H groups in total. The molecule has 2 unspecified atom stereocenters. The van der Waals surface area contributed by atoms with Gasteiger partial charge >= 0.3 is 0 Å². The van der Waals surface area contributed by atoms with Crippen molar-refractivity contribution in [2.24, 2.45) is 5.92 Å². The van der Waals surface area contributed by atoms with Crippen LogP contribution in [-0.2, 0) is 0 Å². The molecule has 20 heavy (non-hydrogen) atoms. The van der Waals surface area contributed by atoms with E-state index in [1.54, 1.807) is 6.07 Å². The predicted octanol–water partition coefficient (Wildman–Crippen LogP) is 4.66. The van der Waals surface area contributed by atoms with Crippen molar-refractivity contribution < 1.29 is 9.13 Å². The monoisotopic (exact) mass is 291 g/mol. The Morgan fingerprint density at radius 1 is 1.25 bits per heavy atom. The molecule has 1 aliphatic rings. The Balaban J connectivity index is 1.93. The highest BCUT2D eigenvalue weighted by Gasteiger charge is 2.27. The van der Waals surface area contributed by atoms with E-state index in [2.05, 4.69) is 12.2 Å². The summed E-state index contributed by atoms with van der Waals surface area (Å²) < 4.78 is 18.8. The van der Waals surface area contributed by atoms with Gasteiger partial charge < -0.3 is 10.1 Å². The third-order valence-electron chi connectivity index (χ3n) is 3.57. The standard InChI is InChI=1S/C16H15ClFNO/c1-10-9-20-15-5-3-2-4-12(15)16(10)19-14-7-6-11(18)8-13(14)17/h2-8,10,16,19H,9H2,1H3. The second-order valence-corrected chi connectivity index (χ2v) is 5.48. The topological polar surface area (TPSA) is 21.3 Å². The summed E-state index contributed by atoms with van der Waals surface area (Å²) in [6, 6.07) is 12.4. The van der Waals surface area contributed by atoms with Crippen LogP contribution in [0.5, 0.6) is 5.75 Å². The first-order valence-electron chi connectivity index (χ1n) is 6.58. The molecule has 0 amide bonds. The molecule has 0 fully saturated rings. The summed E-state index contributed by atoms with van der Waals surface area (Å²) in [7, 11) is 0. The molecular weight excluding hydrogens is 277 g/mol. The van der Waals surface area contributed by atoms with E-state index >= 15 is 0 Å². The molecule has 104 valence electrons. The Bertz CT molecular complexity index is 632. The normalized spacial score (nSPS) is 20.9. The number of benzene rings is 2. The maximum absolute atomic E-state index is 13.1. The van der Waals surface area contributed by atoms with Crippen molar-refractivity contribution in [2.75, 3.05) is 11.9 Å². The van der Waals surface area contributed by atoms with E-state index in [0.29, 0.717) is 17.5 Å². The quantitative estimate of drug-likeness (QED) is 0.869. The lowest BCUT2D eigenvalue weighted by Gasteiger charge is -2.33. The van der Waals surface area contributed by atoms with Crippen molar-refractivity contribution in [2.45, 2.75) is 13.0 Å². The van der Waals surface area contributed by atoms with Gasteiger partial charge in [-0.3, -0.25) is 0 Å². The van der Waals surface area contributed by atoms with Gasteiger partial charge in [-0.05, 0) is 24.3 Å². The van der Waals surface area contributed by atoms with Crippen LogP contribution in [0.3, 0.4) is 0 Å². The first-order chi connectivity index (χ1) is 9.65. The zero-order valence-corrected chi connectivity index (χ0v) is 11.8. The average molecular weight is 292 g/mol. The van der Waals surface area contributed by atoms with Crippen LogP contribution < -0.4 is 10.1 Å². The first-order valence-corrected chi connectivity index (χ1v) is 6.96. The van der Waals surface area contributed by atoms with Crippen molar-refractivity contribution in [1.82, 2.24) is 0 Å². The molecule has 4 heteroatoms. The minimum atomic E-state index is -0.332. The molecule has 2 aromatic rings. The number of fused-ring (bicyclic) bond motifs is 1. The van der Waals surface area contributed by atoms with Gasteiger partial charge in [0.15, 0.2) is 0 Å². The van der Waals surface area contributed by atoms with E-state index in [1.165, 1.54) is 12.1 Å². The number of para-hydroxylation sites is 1. The summed E-state index contributed by atoms with van der Waals surface area (Å²) in [5, 5.41) is 3.79. The van der Waals surface area contributed by atoms with Gasteiger partial charge in [-0.2, -0.15) is 0 Å². The minimum absolute atomic E-state index is 0.0999. The highest BCUT2D eigenvalue weighted by atomic mass is 35.5. The van der Waals surface area contributed by atoms with Gasteiger partial charge in [0.05, 0.1) is 23.4 Å². The molecular formula is C16H15ClFNO. The highest BCUT2D eigenvalue weighted by molar-refractivity contribution is 6.33. The summed E-state index contributed by atoms with van der Waals surface area (Å²) in [4.78, 5) is 0. The third kappa shape index (κ3) is 2.46. The van der Waals surface area contributed by atoms with E-state index in [1.807, 2.05) is 24.3 Å². The lowest BCUT2D eigenvalue weighted by molar-refractivity contribution is 0.214. The number of anilines is 1. The number of ether oxygens (including phenoxy) is 1. The molecule has 2 nitrogen and oxygen atoms in total. The molecule has 0 bridgehead atoms. The first kappa shape index (κ1) is 13.3. The number of hydrogen-bond acceptors (Lipinski definition) is 2. The van der Waals surface area contributed by atoms with Gasteiger partial charge in [-0.25, -0.2) is 4.39 Å². The molecule has 2 atom stereocenters. The van der Waals surface area contributed by atoms with Gasteiger partial charge in [0.25, 0.3) is 0 Å². The van der Waals surface area contributed by atoms with Crippen molar-refractivity contribution in [1.29, 1.82) is 0 Å². The molecule has 0 aromatic heterocycles. The molecule has 0 saturated heterocycles. The fourth-order valence-electron chi connectivity index (χ4n) is 2.49. The minimum Gasteiger partial charge on any atom is -0.493 e. The average Bonchev–Trinajstić information content (AvgIpc) is 2.44. The molecule has 3 rings (SSSR count). The number of rotatable bonds is 2. The largest absolute Gasteiger partial charge is 0.493 e. The SMILES string of the molecule is CC1COc2ccccc2C1Nc1ccc(F)cc1Cl. The van der Waals surface area contributed by atoms with Crippen LogP contribution in [0.15, 0.2) is 42.5 Å². The summed E-state index contributed by atoms with van der Waals surface area (Å²) in [6.45, 7) is 2.76. The molecule has 0 aliphatic carbocycles. The summed E-state index contributed by atoms with van der Waals surface area (Å²) >= 11 is 6.09. The maximum atomic E-state index is 13.1. The van der Waals surface area contributed by atoms with Crippen LogP contribution in [0.2, 0.25) is 5.02 Å². The maximum Gasteiger partial charge on any atom is 0.124 e. The zero-order valence-electron chi connectivity index (χ0n) is 11.1. The molecule has 0 saturated carbocycles. The Labute approximate surface area is 122 Å². The van der Waals surface area contributed by atoms with E-state index in [-0.39, 0.29) is 11.9 Å². The van der Waals surface area contributed by atoms with Crippen molar-refractivity contribution in [3.8, 4) is 5.75 Å². The molecule has 1 aliphatic heterocycles. The molecule has 0 spiro atoms. The molecule has 2 aromatic carbocycles. The van der Waals surface area contributed by atoms with E-state index in [4.69, 9.17) is 16.3 Å². The van der Waals surface area contributed by atoms with Crippen LogP contribution >= 0.6 is 11.6 Å². The van der Waals surface area contributed by atoms with E-state index in [9.17, 15) is 4.39 Å².